The second-order valence-corrected chi connectivity index (χ2v) is 2.77. The van der Waals surface area contributed by atoms with E-state index < -0.39 is 18.4 Å². The van der Waals surface area contributed by atoms with Crippen molar-refractivity contribution in [2.75, 3.05) is 13.3 Å². The molecule has 0 amide bonds. The molecule has 0 rings (SSSR count). The first-order valence-corrected chi connectivity index (χ1v) is 3.12. The molecule has 0 aromatic carbocycles. The van der Waals surface area contributed by atoms with Crippen molar-refractivity contribution in [1.29, 1.82) is 0 Å². The van der Waals surface area contributed by atoms with Crippen molar-refractivity contribution >= 4 is 0 Å². The first-order valence-electron chi connectivity index (χ1n) is 3.12. The van der Waals surface area contributed by atoms with Crippen LogP contribution in [0.1, 0.15) is 13.8 Å². The first kappa shape index (κ1) is 14.2. The summed E-state index contributed by atoms with van der Waals surface area (Å²) in [6.45, 7) is 0.917. The van der Waals surface area contributed by atoms with Crippen molar-refractivity contribution in [3.8, 4) is 0 Å². The number of aliphatic hydroxyl groups is 3. The Morgan fingerprint density at radius 3 is 1.33 bits per heavy atom. The van der Waals surface area contributed by atoms with Crippen LogP contribution in [-0.2, 0) is 0 Å². The molecule has 0 radical (unpaired) electrons. The van der Waals surface area contributed by atoms with Crippen LogP contribution in [0.5, 0.6) is 0 Å². The van der Waals surface area contributed by atoms with Gasteiger partial charge in [-0.3, -0.25) is 0 Å². The molecule has 0 saturated heterocycles. The Morgan fingerprint density at radius 1 is 1.17 bits per heavy atom. The van der Waals surface area contributed by atoms with Gasteiger partial charge in [0.25, 0.3) is 0 Å². The van der Waals surface area contributed by atoms with Crippen LogP contribution in [0.2, 0.25) is 0 Å². The Bertz CT molecular complexity index is 91.6. The highest BCUT2D eigenvalue weighted by molar-refractivity contribution is 4.59. The number of hydrogen-bond acceptors (Lipinski definition) is 3. The smallest absolute Gasteiger partial charge is 0.381 e. The van der Waals surface area contributed by atoms with E-state index in [4.69, 9.17) is 15.3 Å². The minimum Gasteiger partial charge on any atom is -0.393 e. The van der Waals surface area contributed by atoms with Gasteiger partial charge in [0.2, 0.25) is 0 Å². The fourth-order valence-electron chi connectivity index (χ4n) is 0. The summed E-state index contributed by atoms with van der Waals surface area (Å²) < 4.78 is 31.8. The summed E-state index contributed by atoms with van der Waals surface area (Å²) >= 11 is 0. The normalized spacial score (nSPS) is 12.0. The fourth-order valence-corrected chi connectivity index (χ4v) is 0. The standard InChI is InChI=1S/C4H10O2.C2H3F3O/c1-4(2,6)3-5;3-1-2(4,5)6/h5-6H,3H2,1-2H3;6H,1H2. The second-order valence-electron chi connectivity index (χ2n) is 2.77. The average Bonchev–Trinajstić information content (AvgIpc) is 1.86. The van der Waals surface area contributed by atoms with E-state index in [1.54, 1.807) is 13.8 Å². The molecular weight excluding hydrogens is 177 g/mol. The molecule has 0 aliphatic heterocycles. The van der Waals surface area contributed by atoms with Crippen LogP contribution < -0.4 is 0 Å². The third-order valence-corrected chi connectivity index (χ3v) is 0.548. The summed E-state index contributed by atoms with van der Waals surface area (Å²) in [5.41, 5.74) is -0.903. The van der Waals surface area contributed by atoms with Gasteiger partial charge >= 0.3 is 6.11 Å². The summed E-state index contributed by atoms with van der Waals surface area (Å²) in [5.74, 6) is 0. The molecule has 0 aliphatic rings. The molecule has 6 heteroatoms. The van der Waals surface area contributed by atoms with E-state index in [0.29, 0.717) is 0 Å². The summed E-state index contributed by atoms with van der Waals surface area (Å²) in [6, 6.07) is 0. The monoisotopic (exact) mass is 190 g/mol. The molecule has 3 nitrogen and oxygen atoms in total. The first-order chi connectivity index (χ1) is 5.12. The average molecular weight is 190 g/mol. The van der Waals surface area contributed by atoms with Crippen LogP contribution in [0.4, 0.5) is 13.2 Å². The van der Waals surface area contributed by atoms with Crippen LogP contribution in [0.3, 0.4) is 0 Å². The maximum Gasteiger partial charge on any atom is 0.381 e. The fraction of sp³-hybridized carbons (Fsp3) is 1.00. The molecule has 12 heavy (non-hydrogen) atoms. The topological polar surface area (TPSA) is 60.7 Å². The molecule has 0 aromatic heterocycles. The lowest BCUT2D eigenvalue weighted by Gasteiger charge is -2.10. The van der Waals surface area contributed by atoms with Crippen molar-refractivity contribution < 1.29 is 28.5 Å². The van der Waals surface area contributed by atoms with Crippen molar-refractivity contribution in [3.05, 3.63) is 0 Å². The Labute approximate surface area is 68.4 Å². The predicted octanol–water partition coefficient (Wildman–Crippen LogP) is 0.291. The van der Waals surface area contributed by atoms with E-state index in [-0.39, 0.29) is 6.61 Å². The number of aliphatic hydroxyl groups excluding tert-OH is 1. The third-order valence-electron chi connectivity index (χ3n) is 0.548. The van der Waals surface area contributed by atoms with Gasteiger partial charge in [-0.2, -0.15) is 8.78 Å². The van der Waals surface area contributed by atoms with Crippen LogP contribution >= 0.6 is 0 Å². The van der Waals surface area contributed by atoms with Crippen molar-refractivity contribution in [3.63, 3.8) is 0 Å². The molecule has 0 spiro atoms. The van der Waals surface area contributed by atoms with Crippen LogP contribution in [0.25, 0.3) is 0 Å². The highest BCUT2D eigenvalue weighted by Gasteiger charge is 2.22. The maximum absolute atomic E-state index is 10.6. The van der Waals surface area contributed by atoms with Gasteiger partial charge in [0.15, 0.2) is 6.67 Å². The number of alkyl halides is 3. The molecule has 0 fully saturated rings. The van der Waals surface area contributed by atoms with Crippen LogP contribution in [0, 0.1) is 0 Å². The summed E-state index contributed by atoms with van der Waals surface area (Å²) in [6.07, 6.45) is -4.12. The van der Waals surface area contributed by atoms with E-state index in [9.17, 15) is 13.2 Å². The van der Waals surface area contributed by atoms with Gasteiger partial charge in [-0.05, 0) is 13.8 Å². The lowest BCUT2D eigenvalue weighted by atomic mass is 10.2. The molecule has 0 aliphatic carbocycles. The number of halogens is 3. The molecule has 76 valence electrons. The molecule has 0 bridgehead atoms. The Balaban J connectivity index is 0. The summed E-state index contributed by atoms with van der Waals surface area (Å²) in [7, 11) is 0. The van der Waals surface area contributed by atoms with Crippen LogP contribution in [-0.4, -0.2) is 40.3 Å². The molecule has 0 aromatic rings. The SMILES string of the molecule is CC(C)(O)CO.OC(F)(F)CF. The molecule has 0 saturated carbocycles. The molecule has 0 unspecified atom stereocenters. The number of rotatable bonds is 2. The van der Waals surface area contributed by atoms with Crippen molar-refractivity contribution in [2.45, 2.75) is 25.6 Å². The summed E-state index contributed by atoms with van der Waals surface area (Å²) in [5, 5.41) is 23.8. The Hall–Kier alpha value is -0.330. The zero-order valence-electron chi connectivity index (χ0n) is 6.89. The zero-order valence-corrected chi connectivity index (χ0v) is 6.89. The molecule has 3 N–H and O–H groups in total. The molecular formula is C6H13F3O3. The Kier molecular flexibility index (Phi) is 6.32. The predicted molar refractivity (Wildman–Crippen MR) is 36.5 cm³/mol. The minimum atomic E-state index is -4.12. The van der Waals surface area contributed by atoms with E-state index in [1.165, 1.54) is 0 Å². The van der Waals surface area contributed by atoms with E-state index >= 15 is 0 Å². The van der Waals surface area contributed by atoms with Crippen molar-refractivity contribution in [2.24, 2.45) is 0 Å². The quantitative estimate of drug-likeness (QED) is 0.586. The minimum absolute atomic E-state index is 0.174. The van der Waals surface area contributed by atoms with E-state index in [2.05, 4.69) is 0 Å². The highest BCUT2D eigenvalue weighted by Crippen LogP contribution is 2.06. The van der Waals surface area contributed by atoms with Gasteiger partial charge < -0.3 is 15.3 Å². The third kappa shape index (κ3) is 22.6. The number of hydrogen-bond donors (Lipinski definition) is 3. The van der Waals surface area contributed by atoms with E-state index in [0.717, 1.165) is 0 Å². The van der Waals surface area contributed by atoms with Gasteiger partial charge in [0.1, 0.15) is 0 Å². The van der Waals surface area contributed by atoms with Gasteiger partial charge in [0, 0.05) is 0 Å². The van der Waals surface area contributed by atoms with Gasteiger partial charge in [0.05, 0.1) is 12.2 Å². The summed E-state index contributed by atoms with van der Waals surface area (Å²) in [4.78, 5) is 0. The Morgan fingerprint density at radius 2 is 1.33 bits per heavy atom. The van der Waals surface area contributed by atoms with Gasteiger partial charge in [-0.1, -0.05) is 0 Å². The largest absolute Gasteiger partial charge is 0.393 e. The zero-order chi connectivity index (χ0) is 10.4. The lowest BCUT2D eigenvalue weighted by Crippen LogP contribution is -2.23. The van der Waals surface area contributed by atoms with Crippen molar-refractivity contribution in [1.82, 2.24) is 0 Å². The lowest BCUT2D eigenvalue weighted by molar-refractivity contribution is -0.208. The van der Waals surface area contributed by atoms with Crippen LogP contribution in [0.15, 0.2) is 0 Å². The maximum atomic E-state index is 10.6. The van der Waals surface area contributed by atoms with Gasteiger partial charge in [-0.15, -0.1) is 0 Å². The second kappa shape index (κ2) is 5.34. The highest BCUT2D eigenvalue weighted by atomic mass is 19.3. The van der Waals surface area contributed by atoms with Gasteiger partial charge in [-0.25, -0.2) is 4.39 Å². The molecule has 0 atom stereocenters. The molecule has 0 heterocycles. The van der Waals surface area contributed by atoms with E-state index in [1.807, 2.05) is 0 Å².